The van der Waals surface area contributed by atoms with Crippen LogP contribution in [0, 0.1) is 5.92 Å². The Hall–Kier alpha value is -3.99. The van der Waals surface area contributed by atoms with Gasteiger partial charge in [0, 0.05) is 30.1 Å². The molecule has 2 aliphatic rings. The minimum atomic E-state index is -0.228. The van der Waals surface area contributed by atoms with Crippen LogP contribution in [0.15, 0.2) is 96.5 Å². The summed E-state index contributed by atoms with van der Waals surface area (Å²) in [5.74, 6) is 1.11. The maximum Gasteiger partial charge on any atom is 0.209 e. The molecule has 0 spiro atoms. The summed E-state index contributed by atoms with van der Waals surface area (Å²) in [6, 6.07) is 22.0. The number of hydrogen-bond donors (Lipinski definition) is 1. The molecular weight excluding hydrogens is 396 g/mol. The van der Waals surface area contributed by atoms with Crippen molar-refractivity contribution in [2.24, 2.45) is 5.92 Å². The second-order valence-electron chi connectivity index (χ2n) is 8.36. The van der Waals surface area contributed by atoms with Gasteiger partial charge in [-0.05, 0) is 41.7 Å². The number of imidazole rings is 1. The molecule has 2 aromatic carbocycles. The number of Topliss-reactive ketones (excluding diaryl/α,β-unsaturated/α-hetero) is 1. The number of pyridine rings is 1. The number of nitrogens with one attached hydrogen (secondary N) is 1. The molecule has 0 bridgehead atoms. The van der Waals surface area contributed by atoms with Crippen LogP contribution < -0.4 is 5.32 Å². The van der Waals surface area contributed by atoms with Gasteiger partial charge in [0.25, 0.3) is 0 Å². The zero-order valence-corrected chi connectivity index (χ0v) is 17.5. The Kier molecular flexibility index (Phi) is 4.46. The first kappa shape index (κ1) is 18.8. The van der Waals surface area contributed by atoms with E-state index >= 15 is 0 Å². The normalized spacial score (nSPS) is 20.3. The molecule has 0 saturated heterocycles. The predicted octanol–water partition coefficient (Wildman–Crippen LogP) is 5.39. The standard InChI is InChI=1S/C27H22N4O/c32-24-16-19(13-12-18-7-2-1-3-8-18)15-22-25(24)26(20-9-6-14-28-17-20)31-23-11-5-4-10-21(23)29-27(31)30-22/h1-14,17,19,26H,15-16H2,(H,29,30)/b13-12+. The van der Waals surface area contributed by atoms with Crippen molar-refractivity contribution in [1.82, 2.24) is 14.5 Å². The Bertz CT molecular complexity index is 1370. The van der Waals surface area contributed by atoms with Gasteiger partial charge in [-0.2, -0.15) is 0 Å². The first-order valence-electron chi connectivity index (χ1n) is 10.9. The summed E-state index contributed by atoms with van der Waals surface area (Å²) in [6.45, 7) is 0. The van der Waals surface area contributed by atoms with Crippen LogP contribution in [0.1, 0.15) is 30.0 Å². The van der Waals surface area contributed by atoms with Gasteiger partial charge in [0.2, 0.25) is 5.95 Å². The van der Waals surface area contributed by atoms with E-state index in [0.717, 1.165) is 45.8 Å². The highest BCUT2D eigenvalue weighted by molar-refractivity contribution is 6.00. The third-order valence-corrected chi connectivity index (χ3v) is 6.29. The molecule has 1 aliphatic heterocycles. The minimum Gasteiger partial charge on any atom is -0.329 e. The summed E-state index contributed by atoms with van der Waals surface area (Å²) >= 11 is 0. The van der Waals surface area contributed by atoms with Crippen LogP contribution in [0.2, 0.25) is 0 Å². The van der Waals surface area contributed by atoms with E-state index in [4.69, 9.17) is 4.98 Å². The summed E-state index contributed by atoms with van der Waals surface area (Å²) in [5.41, 5.74) is 5.87. The van der Waals surface area contributed by atoms with Gasteiger partial charge in [0.05, 0.1) is 17.1 Å². The number of fused-ring (bicyclic) bond motifs is 3. The number of rotatable bonds is 3. The van der Waals surface area contributed by atoms with E-state index in [0.29, 0.717) is 6.42 Å². The van der Waals surface area contributed by atoms with Crippen molar-refractivity contribution in [2.45, 2.75) is 18.9 Å². The van der Waals surface area contributed by atoms with Crippen molar-refractivity contribution >= 4 is 28.8 Å². The Morgan fingerprint density at radius 1 is 0.969 bits per heavy atom. The van der Waals surface area contributed by atoms with Crippen molar-refractivity contribution in [3.8, 4) is 0 Å². The molecule has 156 valence electrons. The number of nitrogens with zero attached hydrogens (tertiary/aromatic N) is 3. The largest absolute Gasteiger partial charge is 0.329 e. The van der Waals surface area contributed by atoms with Crippen molar-refractivity contribution in [2.75, 3.05) is 5.32 Å². The van der Waals surface area contributed by atoms with Crippen molar-refractivity contribution in [1.29, 1.82) is 0 Å². The lowest BCUT2D eigenvalue weighted by molar-refractivity contribution is -0.117. The van der Waals surface area contributed by atoms with Gasteiger partial charge in [-0.1, -0.05) is 60.7 Å². The van der Waals surface area contributed by atoms with Crippen LogP contribution in [-0.4, -0.2) is 20.3 Å². The van der Waals surface area contributed by atoms with E-state index in [9.17, 15) is 4.79 Å². The SMILES string of the molecule is O=C1CC(/C=C/c2ccccc2)CC2=C1C(c1cccnc1)n1c(nc3ccccc31)N2. The van der Waals surface area contributed by atoms with Gasteiger partial charge >= 0.3 is 0 Å². The zero-order valence-electron chi connectivity index (χ0n) is 17.5. The predicted molar refractivity (Wildman–Crippen MR) is 126 cm³/mol. The smallest absolute Gasteiger partial charge is 0.209 e. The monoisotopic (exact) mass is 418 g/mol. The number of allylic oxidation sites excluding steroid dienone is 3. The molecule has 0 fully saturated rings. The van der Waals surface area contributed by atoms with E-state index < -0.39 is 0 Å². The molecule has 32 heavy (non-hydrogen) atoms. The van der Waals surface area contributed by atoms with Crippen LogP contribution in [-0.2, 0) is 4.79 Å². The lowest BCUT2D eigenvalue weighted by Crippen LogP contribution is -2.33. The maximum atomic E-state index is 13.5. The number of carbonyl (C=O) groups is 1. The number of benzene rings is 2. The second-order valence-corrected chi connectivity index (χ2v) is 8.36. The fraction of sp³-hybridized carbons (Fsp3) is 0.148. The van der Waals surface area contributed by atoms with Gasteiger partial charge < -0.3 is 5.32 Å². The van der Waals surface area contributed by atoms with E-state index in [2.05, 4.69) is 45.2 Å². The molecule has 3 heterocycles. The molecule has 0 amide bonds. The zero-order chi connectivity index (χ0) is 21.5. The number of hydrogen-bond acceptors (Lipinski definition) is 4. The number of aromatic nitrogens is 3. The molecule has 2 atom stereocenters. The molecule has 2 unspecified atom stereocenters. The third-order valence-electron chi connectivity index (χ3n) is 6.29. The van der Waals surface area contributed by atoms with Crippen LogP contribution in [0.4, 0.5) is 5.95 Å². The third kappa shape index (κ3) is 3.14. The van der Waals surface area contributed by atoms with E-state index in [-0.39, 0.29) is 17.7 Å². The Morgan fingerprint density at radius 3 is 2.66 bits per heavy atom. The average Bonchev–Trinajstić information content (AvgIpc) is 3.20. The van der Waals surface area contributed by atoms with Crippen molar-refractivity contribution in [3.63, 3.8) is 0 Å². The topological polar surface area (TPSA) is 59.8 Å². The lowest BCUT2D eigenvalue weighted by atomic mass is 9.80. The molecule has 6 rings (SSSR count). The Labute approximate surface area is 186 Å². The highest BCUT2D eigenvalue weighted by Gasteiger charge is 2.38. The molecule has 2 aromatic heterocycles. The van der Waals surface area contributed by atoms with Gasteiger partial charge in [-0.3, -0.25) is 14.3 Å². The van der Waals surface area contributed by atoms with Crippen molar-refractivity contribution in [3.05, 3.63) is 108 Å². The number of ketones is 1. The molecule has 5 nitrogen and oxygen atoms in total. The fourth-order valence-corrected chi connectivity index (χ4v) is 4.86. The number of para-hydroxylation sites is 2. The lowest BCUT2D eigenvalue weighted by Gasteiger charge is -2.35. The quantitative estimate of drug-likeness (QED) is 0.484. The van der Waals surface area contributed by atoms with Crippen LogP contribution in [0.5, 0.6) is 0 Å². The molecule has 4 aromatic rings. The van der Waals surface area contributed by atoms with Crippen LogP contribution in [0.3, 0.4) is 0 Å². The summed E-state index contributed by atoms with van der Waals surface area (Å²) in [5, 5.41) is 3.50. The first-order valence-corrected chi connectivity index (χ1v) is 10.9. The van der Waals surface area contributed by atoms with Gasteiger partial charge in [0.15, 0.2) is 5.78 Å². The van der Waals surface area contributed by atoms with E-state index in [1.807, 2.05) is 54.7 Å². The average molecular weight is 419 g/mol. The van der Waals surface area contributed by atoms with E-state index in [1.165, 1.54) is 0 Å². The maximum absolute atomic E-state index is 13.5. The highest BCUT2D eigenvalue weighted by Crippen LogP contribution is 2.44. The summed E-state index contributed by atoms with van der Waals surface area (Å²) in [7, 11) is 0. The van der Waals surface area contributed by atoms with Gasteiger partial charge in [-0.25, -0.2) is 4.98 Å². The van der Waals surface area contributed by atoms with Crippen molar-refractivity contribution < 1.29 is 4.79 Å². The molecule has 1 aliphatic carbocycles. The Morgan fingerprint density at radius 2 is 1.81 bits per heavy atom. The second kappa shape index (κ2) is 7.61. The first-order chi connectivity index (χ1) is 15.8. The molecule has 1 N–H and O–H groups in total. The molecule has 0 radical (unpaired) electrons. The van der Waals surface area contributed by atoms with Crippen LogP contribution in [0.25, 0.3) is 17.1 Å². The van der Waals surface area contributed by atoms with Gasteiger partial charge in [-0.15, -0.1) is 0 Å². The fourth-order valence-electron chi connectivity index (χ4n) is 4.86. The molecule has 5 heteroatoms. The summed E-state index contributed by atoms with van der Waals surface area (Å²) < 4.78 is 2.14. The van der Waals surface area contributed by atoms with E-state index in [1.54, 1.807) is 6.20 Å². The number of carbonyl (C=O) groups excluding carboxylic acids is 1. The Balaban J connectivity index is 1.44. The molecular formula is C27H22N4O. The van der Waals surface area contributed by atoms with Gasteiger partial charge in [0.1, 0.15) is 0 Å². The summed E-state index contributed by atoms with van der Waals surface area (Å²) in [4.78, 5) is 22.7. The number of anilines is 1. The highest BCUT2D eigenvalue weighted by atomic mass is 16.1. The summed E-state index contributed by atoms with van der Waals surface area (Å²) in [6.07, 6.45) is 9.18. The van der Waals surface area contributed by atoms with Crippen LogP contribution >= 0.6 is 0 Å². The molecule has 0 saturated carbocycles. The minimum absolute atomic E-state index is 0.152.